The Labute approximate surface area is 122 Å². The van der Waals surface area contributed by atoms with Crippen molar-refractivity contribution in [1.29, 1.82) is 0 Å². The predicted molar refractivity (Wildman–Crippen MR) is 76.9 cm³/mol. The summed E-state index contributed by atoms with van der Waals surface area (Å²) < 4.78 is 0. The smallest absolute Gasteiger partial charge is 0.254 e. The second kappa shape index (κ2) is 5.20. The van der Waals surface area contributed by atoms with E-state index in [0.29, 0.717) is 25.1 Å². The summed E-state index contributed by atoms with van der Waals surface area (Å²) in [7, 11) is 0. The zero-order valence-corrected chi connectivity index (χ0v) is 11.8. The molecular formula is C15H17N3O3. The van der Waals surface area contributed by atoms with Gasteiger partial charge in [-0.1, -0.05) is 6.07 Å². The molecule has 1 saturated heterocycles. The third-order valence-electron chi connectivity index (χ3n) is 3.86. The van der Waals surface area contributed by atoms with Gasteiger partial charge in [-0.15, -0.1) is 0 Å². The Bertz CT molecular complexity index is 627. The lowest BCUT2D eigenvalue weighted by molar-refractivity contribution is -0.119. The van der Waals surface area contributed by atoms with Gasteiger partial charge in [0.2, 0.25) is 11.8 Å². The standard InChI is InChI=1S/C15H17N3O3/c1-9(19)16-12-4-5-18(8-12)15(21)11-3-2-10-7-14(20)17-13(10)6-11/h2-3,6,12H,4-5,7-8H2,1H3,(H,16,19)(H,17,20). The van der Waals surface area contributed by atoms with E-state index in [0.717, 1.165) is 17.7 Å². The minimum Gasteiger partial charge on any atom is -0.352 e. The maximum Gasteiger partial charge on any atom is 0.254 e. The van der Waals surface area contributed by atoms with Crippen LogP contribution in [0.5, 0.6) is 0 Å². The largest absolute Gasteiger partial charge is 0.352 e. The van der Waals surface area contributed by atoms with Crippen molar-refractivity contribution in [3.8, 4) is 0 Å². The monoisotopic (exact) mass is 287 g/mol. The zero-order valence-electron chi connectivity index (χ0n) is 11.8. The number of nitrogens with zero attached hydrogens (tertiary/aromatic N) is 1. The molecule has 0 radical (unpaired) electrons. The summed E-state index contributed by atoms with van der Waals surface area (Å²) in [6, 6.07) is 5.34. The number of likely N-dealkylation sites (tertiary alicyclic amines) is 1. The van der Waals surface area contributed by atoms with Crippen LogP contribution in [0.15, 0.2) is 18.2 Å². The first-order valence-electron chi connectivity index (χ1n) is 7.02. The highest BCUT2D eigenvalue weighted by Crippen LogP contribution is 2.25. The van der Waals surface area contributed by atoms with E-state index in [1.165, 1.54) is 6.92 Å². The SMILES string of the molecule is CC(=O)NC1CCN(C(=O)c2ccc3c(c2)NC(=O)C3)C1. The lowest BCUT2D eigenvalue weighted by Crippen LogP contribution is -2.37. The number of benzene rings is 1. The summed E-state index contributed by atoms with van der Waals surface area (Å²) in [5, 5.41) is 5.59. The molecule has 1 fully saturated rings. The van der Waals surface area contributed by atoms with Gasteiger partial charge in [-0.3, -0.25) is 14.4 Å². The van der Waals surface area contributed by atoms with Gasteiger partial charge < -0.3 is 15.5 Å². The molecule has 3 amide bonds. The average Bonchev–Trinajstić information content (AvgIpc) is 3.01. The molecule has 0 aliphatic carbocycles. The van der Waals surface area contributed by atoms with E-state index in [4.69, 9.17) is 0 Å². The van der Waals surface area contributed by atoms with Gasteiger partial charge in [0.1, 0.15) is 0 Å². The van der Waals surface area contributed by atoms with Crippen molar-refractivity contribution < 1.29 is 14.4 Å². The van der Waals surface area contributed by atoms with Gasteiger partial charge in [-0.05, 0) is 24.1 Å². The molecule has 2 heterocycles. The number of anilines is 1. The van der Waals surface area contributed by atoms with Crippen LogP contribution >= 0.6 is 0 Å². The van der Waals surface area contributed by atoms with Crippen molar-refractivity contribution in [2.45, 2.75) is 25.8 Å². The molecular weight excluding hydrogens is 270 g/mol. The van der Waals surface area contributed by atoms with Crippen LogP contribution < -0.4 is 10.6 Å². The Morgan fingerprint density at radius 1 is 1.38 bits per heavy atom. The minimum absolute atomic E-state index is 0.0283. The maximum atomic E-state index is 12.5. The molecule has 0 spiro atoms. The molecule has 0 bridgehead atoms. The lowest BCUT2D eigenvalue weighted by Gasteiger charge is -2.17. The van der Waals surface area contributed by atoms with Crippen molar-refractivity contribution in [2.75, 3.05) is 18.4 Å². The van der Waals surface area contributed by atoms with Crippen LogP contribution in [0.2, 0.25) is 0 Å². The lowest BCUT2D eigenvalue weighted by atomic mass is 10.1. The molecule has 0 saturated carbocycles. The molecule has 1 atom stereocenters. The van der Waals surface area contributed by atoms with Crippen LogP contribution in [0.3, 0.4) is 0 Å². The highest BCUT2D eigenvalue weighted by molar-refractivity contribution is 6.02. The topological polar surface area (TPSA) is 78.5 Å². The third kappa shape index (κ3) is 2.74. The number of hydrogen-bond acceptors (Lipinski definition) is 3. The fourth-order valence-corrected chi connectivity index (χ4v) is 2.88. The van der Waals surface area contributed by atoms with E-state index in [1.54, 1.807) is 17.0 Å². The van der Waals surface area contributed by atoms with Crippen molar-refractivity contribution in [2.24, 2.45) is 0 Å². The number of carbonyl (C=O) groups is 3. The fraction of sp³-hybridized carbons (Fsp3) is 0.400. The van der Waals surface area contributed by atoms with Gasteiger partial charge in [0.05, 0.1) is 6.42 Å². The van der Waals surface area contributed by atoms with E-state index < -0.39 is 0 Å². The second-order valence-corrected chi connectivity index (χ2v) is 5.53. The Balaban J connectivity index is 1.71. The van der Waals surface area contributed by atoms with Gasteiger partial charge in [-0.25, -0.2) is 0 Å². The molecule has 0 aromatic heterocycles. The molecule has 1 unspecified atom stereocenters. The highest BCUT2D eigenvalue weighted by Gasteiger charge is 2.28. The van der Waals surface area contributed by atoms with Crippen LogP contribution in [-0.4, -0.2) is 41.8 Å². The maximum absolute atomic E-state index is 12.5. The summed E-state index contributed by atoms with van der Waals surface area (Å²) in [4.78, 5) is 36.6. The number of fused-ring (bicyclic) bond motifs is 1. The molecule has 1 aromatic carbocycles. The van der Waals surface area contributed by atoms with E-state index in [9.17, 15) is 14.4 Å². The van der Waals surface area contributed by atoms with E-state index in [1.807, 2.05) is 6.07 Å². The first kappa shape index (κ1) is 13.6. The molecule has 3 rings (SSSR count). The number of nitrogens with one attached hydrogen (secondary N) is 2. The van der Waals surface area contributed by atoms with Crippen molar-refractivity contribution >= 4 is 23.4 Å². The van der Waals surface area contributed by atoms with Gasteiger partial charge >= 0.3 is 0 Å². The normalized spacial score (nSPS) is 20.1. The van der Waals surface area contributed by atoms with Gasteiger partial charge in [-0.2, -0.15) is 0 Å². The number of amides is 3. The molecule has 2 aliphatic rings. The van der Waals surface area contributed by atoms with Crippen LogP contribution in [0.25, 0.3) is 0 Å². The predicted octanol–water partition coefficient (Wildman–Crippen LogP) is 0.532. The highest BCUT2D eigenvalue weighted by atomic mass is 16.2. The number of carbonyl (C=O) groups excluding carboxylic acids is 3. The zero-order chi connectivity index (χ0) is 15.0. The van der Waals surface area contributed by atoms with Crippen molar-refractivity contribution in [3.63, 3.8) is 0 Å². The van der Waals surface area contributed by atoms with Crippen LogP contribution in [0.1, 0.15) is 29.3 Å². The Morgan fingerprint density at radius 3 is 2.95 bits per heavy atom. The van der Waals surface area contributed by atoms with Gasteiger partial charge in [0.25, 0.3) is 5.91 Å². The van der Waals surface area contributed by atoms with E-state index in [-0.39, 0.29) is 23.8 Å². The first-order chi connectivity index (χ1) is 10.0. The molecule has 6 heteroatoms. The Kier molecular flexibility index (Phi) is 3.37. The first-order valence-corrected chi connectivity index (χ1v) is 7.02. The second-order valence-electron chi connectivity index (χ2n) is 5.53. The van der Waals surface area contributed by atoms with Crippen LogP contribution in [0, 0.1) is 0 Å². The van der Waals surface area contributed by atoms with E-state index in [2.05, 4.69) is 10.6 Å². The summed E-state index contributed by atoms with van der Waals surface area (Å²) in [5.41, 5.74) is 2.22. The van der Waals surface area contributed by atoms with Crippen LogP contribution in [-0.2, 0) is 16.0 Å². The number of rotatable bonds is 2. The molecule has 2 aliphatic heterocycles. The fourth-order valence-electron chi connectivity index (χ4n) is 2.88. The van der Waals surface area contributed by atoms with Gasteiger partial charge in [0, 0.05) is 37.3 Å². The molecule has 21 heavy (non-hydrogen) atoms. The van der Waals surface area contributed by atoms with Gasteiger partial charge in [0.15, 0.2) is 0 Å². The minimum atomic E-state index is -0.0745. The van der Waals surface area contributed by atoms with Crippen molar-refractivity contribution in [1.82, 2.24) is 10.2 Å². The summed E-state index contributed by atoms with van der Waals surface area (Å²) in [6.45, 7) is 2.64. The Hall–Kier alpha value is -2.37. The quantitative estimate of drug-likeness (QED) is 0.833. The summed E-state index contributed by atoms with van der Waals surface area (Å²) in [6.07, 6.45) is 1.14. The Morgan fingerprint density at radius 2 is 2.19 bits per heavy atom. The molecule has 110 valence electrons. The molecule has 2 N–H and O–H groups in total. The van der Waals surface area contributed by atoms with Crippen molar-refractivity contribution in [3.05, 3.63) is 29.3 Å². The average molecular weight is 287 g/mol. The third-order valence-corrected chi connectivity index (χ3v) is 3.86. The van der Waals surface area contributed by atoms with Crippen LogP contribution in [0.4, 0.5) is 5.69 Å². The van der Waals surface area contributed by atoms with E-state index >= 15 is 0 Å². The summed E-state index contributed by atoms with van der Waals surface area (Å²) in [5.74, 6) is -0.178. The number of hydrogen-bond donors (Lipinski definition) is 2. The molecule has 6 nitrogen and oxygen atoms in total. The summed E-state index contributed by atoms with van der Waals surface area (Å²) >= 11 is 0. The molecule has 1 aromatic rings.